The molecule has 0 bridgehead atoms. The summed E-state index contributed by atoms with van der Waals surface area (Å²) < 4.78 is 0. The van der Waals surface area contributed by atoms with Gasteiger partial charge in [0.1, 0.15) is 7.28 Å². The first-order valence-corrected chi connectivity index (χ1v) is 2.49. The van der Waals surface area contributed by atoms with E-state index in [0.717, 1.165) is 13.6 Å². The van der Waals surface area contributed by atoms with Gasteiger partial charge in [-0.25, -0.2) is 0 Å². The van der Waals surface area contributed by atoms with Gasteiger partial charge in [0.15, 0.2) is 0 Å². The zero-order valence-electron chi connectivity index (χ0n) is 4.48. The Morgan fingerprint density at radius 2 is 2.43 bits per heavy atom. The maximum Gasteiger partial charge on any atom is 0.302 e. The van der Waals surface area contributed by atoms with Gasteiger partial charge < -0.3 is 5.11 Å². The minimum absolute atomic E-state index is 0.316. The molecule has 2 nitrogen and oxygen atoms in total. The topological polar surface area (TPSA) is 37.3 Å². The van der Waals surface area contributed by atoms with Crippen molar-refractivity contribution in [3.8, 4) is 0 Å². The molecule has 0 amide bonds. The van der Waals surface area contributed by atoms with E-state index >= 15 is 0 Å². The maximum atomic E-state index is 9.76. The Labute approximate surface area is 43.8 Å². The summed E-state index contributed by atoms with van der Waals surface area (Å²) in [5.74, 6) is -0.693. The van der Waals surface area contributed by atoms with Crippen LogP contribution in [0.3, 0.4) is 0 Å². The lowest BCUT2D eigenvalue weighted by atomic mass is 9.77. The highest BCUT2D eigenvalue weighted by molar-refractivity contribution is 6.33. The molecule has 0 aromatic rings. The van der Waals surface area contributed by atoms with Crippen molar-refractivity contribution in [2.45, 2.75) is 19.6 Å². The predicted molar refractivity (Wildman–Crippen MR) is 30.1 cm³/mol. The first-order chi connectivity index (χ1) is 3.27. The average Bonchev–Trinajstić information content (AvgIpc) is 1.61. The first kappa shape index (κ1) is 6.53. The molecule has 7 heavy (non-hydrogen) atoms. The van der Waals surface area contributed by atoms with Gasteiger partial charge in [0.25, 0.3) is 0 Å². The lowest BCUT2D eigenvalue weighted by Crippen LogP contribution is -1.94. The van der Waals surface area contributed by atoms with Crippen LogP contribution in [0.25, 0.3) is 0 Å². The highest BCUT2D eigenvalue weighted by atomic mass is 16.4. The summed E-state index contributed by atoms with van der Waals surface area (Å²) in [7, 11) is 0.965. The predicted octanol–water partition coefficient (Wildman–Crippen LogP) is 0.364. The minimum atomic E-state index is -0.693. The third-order valence-electron chi connectivity index (χ3n) is 0.744. The van der Waals surface area contributed by atoms with Crippen molar-refractivity contribution < 1.29 is 9.90 Å². The summed E-state index contributed by atoms with van der Waals surface area (Å²) in [5, 5.41) is 8.04. The van der Waals surface area contributed by atoms with E-state index in [1.807, 2.05) is 6.82 Å². The first-order valence-electron chi connectivity index (χ1n) is 2.49. The van der Waals surface area contributed by atoms with Crippen LogP contribution in [0, 0.1) is 0 Å². The second kappa shape index (κ2) is 3.72. The Balaban J connectivity index is 2.82. The normalized spacial score (nSPS) is 8.14. The average molecular weight is 99.9 g/mol. The fraction of sp³-hybridized carbons (Fsp3) is 0.750. The van der Waals surface area contributed by atoms with Crippen LogP contribution >= 0.6 is 0 Å². The molecule has 0 aliphatic rings. The van der Waals surface area contributed by atoms with Gasteiger partial charge in [-0.2, -0.15) is 0 Å². The summed E-state index contributed by atoms with van der Waals surface area (Å²) in [4.78, 5) is 9.76. The fourth-order valence-corrected chi connectivity index (χ4v) is 0.328. The van der Waals surface area contributed by atoms with Gasteiger partial charge >= 0.3 is 5.97 Å². The molecule has 0 rings (SSSR count). The van der Waals surface area contributed by atoms with Crippen LogP contribution in [0.15, 0.2) is 0 Å². The van der Waals surface area contributed by atoms with E-state index in [2.05, 4.69) is 0 Å². The van der Waals surface area contributed by atoms with E-state index in [1.54, 1.807) is 0 Å². The Morgan fingerprint density at radius 3 is 2.57 bits per heavy atom. The molecule has 0 heterocycles. The van der Waals surface area contributed by atoms with Crippen LogP contribution in [0.1, 0.15) is 6.42 Å². The number of rotatable bonds is 3. The zero-order valence-corrected chi connectivity index (χ0v) is 4.48. The number of aliphatic carboxylic acids is 1. The van der Waals surface area contributed by atoms with Crippen molar-refractivity contribution in [3.05, 3.63) is 0 Å². The molecule has 40 valence electrons. The van der Waals surface area contributed by atoms with Gasteiger partial charge in [0.2, 0.25) is 0 Å². The van der Waals surface area contributed by atoms with Crippen molar-refractivity contribution in [1.82, 2.24) is 0 Å². The van der Waals surface area contributed by atoms with Crippen LogP contribution in [-0.4, -0.2) is 18.4 Å². The second-order valence-corrected chi connectivity index (χ2v) is 1.50. The maximum absolute atomic E-state index is 9.76. The molecule has 0 aromatic carbocycles. The highest BCUT2D eigenvalue weighted by Gasteiger charge is 1.91. The Bertz CT molecular complexity index is 62.7. The van der Waals surface area contributed by atoms with E-state index in [1.165, 1.54) is 0 Å². The number of hydrogen-bond acceptors (Lipinski definition) is 1. The van der Waals surface area contributed by atoms with Gasteiger partial charge in [0, 0.05) is 6.42 Å². The molecular formula is C4H9BO2. The van der Waals surface area contributed by atoms with Crippen LogP contribution < -0.4 is 0 Å². The molecule has 0 atom stereocenters. The van der Waals surface area contributed by atoms with Crippen LogP contribution in [0.2, 0.25) is 13.1 Å². The molecule has 0 saturated carbocycles. The molecule has 3 heteroatoms. The molecule has 1 N–H and O–H groups in total. The van der Waals surface area contributed by atoms with Crippen LogP contribution in [-0.2, 0) is 4.79 Å². The standard InChI is InChI=1S/C4H9BO2/c1-5-3-2-4(6)7/h5H,2-3H2,1H3,(H,6,7). The fourth-order valence-electron chi connectivity index (χ4n) is 0.328. The lowest BCUT2D eigenvalue weighted by molar-refractivity contribution is -0.136. The molecule has 0 aromatic heterocycles. The third kappa shape index (κ3) is 5.53. The number of hydrogen-bond donors (Lipinski definition) is 1. The van der Waals surface area contributed by atoms with Gasteiger partial charge in [-0.15, -0.1) is 0 Å². The van der Waals surface area contributed by atoms with Gasteiger partial charge in [-0.05, 0) is 0 Å². The Hall–Kier alpha value is -0.465. The number of carboxylic acids is 1. The van der Waals surface area contributed by atoms with Crippen molar-refractivity contribution >= 4 is 13.2 Å². The zero-order chi connectivity index (χ0) is 5.70. The number of carboxylic acid groups (broad SMARTS) is 1. The van der Waals surface area contributed by atoms with E-state index < -0.39 is 5.97 Å². The molecule has 0 radical (unpaired) electrons. The van der Waals surface area contributed by atoms with Crippen molar-refractivity contribution in [3.63, 3.8) is 0 Å². The van der Waals surface area contributed by atoms with Crippen molar-refractivity contribution in [2.75, 3.05) is 0 Å². The summed E-state index contributed by atoms with van der Waals surface area (Å²) in [6.45, 7) is 1.98. The van der Waals surface area contributed by atoms with E-state index in [9.17, 15) is 4.79 Å². The van der Waals surface area contributed by atoms with Crippen LogP contribution in [0.4, 0.5) is 0 Å². The van der Waals surface area contributed by atoms with E-state index in [0.29, 0.717) is 6.42 Å². The SMILES string of the molecule is CBCCC(=O)O. The smallest absolute Gasteiger partial charge is 0.302 e. The largest absolute Gasteiger partial charge is 0.481 e. The van der Waals surface area contributed by atoms with E-state index in [-0.39, 0.29) is 0 Å². The molecule has 0 saturated heterocycles. The van der Waals surface area contributed by atoms with Gasteiger partial charge in [-0.1, -0.05) is 13.1 Å². The second-order valence-electron chi connectivity index (χ2n) is 1.50. The number of carbonyl (C=O) groups is 1. The van der Waals surface area contributed by atoms with Crippen molar-refractivity contribution in [1.29, 1.82) is 0 Å². The molecule has 0 aliphatic carbocycles. The molecule has 0 unspecified atom stereocenters. The summed E-state index contributed by atoms with van der Waals surface area (Å²) in [5.41, 5.74) is 0. The van der Waals surface area contributed by atoms with Crippen molar-refractivity contribution in [2.24, 2.45) is 0 Å². The molecule has 0 aliphatic heterocycles. The van der Waals surface area contributed by atoms with Gasteiger partial charge in [0.05, 0.1) is 0 Å². The molecule has 0 spiro atoms. The third-order valence-corrected chi connectivity index (χ3v) is 0.744. The Kier molecular flexibility index (Phi) is 3.47. The summed E-state index contributed by atoms with van der Waals surface area (Å²) in [6.07, 6.45) is 1.12. The molecule has 0 fully saturated rings. The van der Waals surface area contributed by atoms with Crippen LogP contribution in [0.5, 0.6) is 0 Å². The lowest BCUT2D eigenvalue weighted by Gasteiger charge is -1.84. The Morgan fingerprint density at radius 1 is 1.86 bits per heavy atom. The summed E-state index contributed by atoms with van der Waals surface area (Å²) in [6, 6.07) is 0. The minimum Gasteiger partial charge on any atom is -0.481 e. The van der Waals surface area contributed by atoms with E-state index in [4.69, 9.17) is 5.11 Å². The highest BCUT2D eigenvalue weighted by Crippen LogP contribution is 1.85. The molecular weight excluding hydrogens is 90.9 g/mol. The summed E-state index contributed by atoms with van der Waals surface area (Å²) >= 11 is 0. The monoisotopic (exact) mass is 100 g/mol. The van der Waals surface area contributed by atoms with Gasteiger partial charge in [-0.3, -0.25) is 4.79 Å². The quantitative estimate of drug-likeness (QED) is 0.520.